The molecule has 0 aromatic carbocycles. The first kappa shape index (κ1) is 18.7. The molecule has 2 aliphatic carbocycles. The standard InChI is InChI=1S/C10H16O.C10H14O/c2*1-3-4-9-7-10(11)6-5-8(9)2/h3-4,8,10-11H,1,5-7H2,2H3;3-4,10-11H,1-2,5-7H2/b2*9-4-. The minimum atomic E-state index is -0.174. The van der Waals surface area contributed by atoms with Crippen LogP contribution in [0.1, 0.15) is 45.4 Å². The van der Waals surface area contributed by atoms with Gasteiger partial charge in [0, 0.05) is 0 Å². The van der Waals surface area contributed by atoms with E-state index in [0.29, 0.717) is 5.92 Å². The van der Waals surface area contributed by atoms with Gasteiger partial charge < -0.3 is 10.2 Å². The van der Waals surface area contributed by atoms with Gasteiger partial charge in [-0.1, -0.05) is 62.1 Å². The zero-order valence-electron chi connectivity index (χ0n) is 13.8. The van der Waals surface area contributed by atoms with E-state index in [1.807, 2.05) is 18.2 Å². The molecule has 22 heavy (non-hydrogen) atoms. The van der Waals surface area contributed by atoms with Crippen LogP contribution in [0.15, 0.2) is 60.8 Å². The van der Waals surface area contributed by atoms with Crippen molar-refractivity contribution in [2.75, 3.05) is 0 Å². The SMILES string of the molecule is C=C/C=C1/CC(O)CCC1=C.C=C/C=C1/CC(O)CCC1C. The van der Waals surface area contributed by atoms with Crippen LogP contribution in [0.3, 0.4) is 0 Å². The molecule has 0 aliphatic heterocycles. The number of aliphatic hydroxyl groups excluding tert-OH is 2. The van der Waals surface area contributed by atoms with E-state index in [-0.39, 0.29) is 12.2 Å². The third-order valence-electron chi connectivity index (χ3n) is 4.38. The summed E-state index contributed by atoms with van der Waals surface area (Å²) in [6, 6.07) is 0. The monoisotopic (exact) mass is 302 g/mol. The second kappa shape index (κ2) is 9.60. The Morgan fingerprint density at radius 1 is 0.955 bits per heavy atom. The van der Waals surface area contributed by atoms with Crippen molar-refractivity contribution in [1.29, 1.82) is 0 Å². The Bertz CT molecular complexity index is 456. The molecule has 0 saturated heterocycles. The lowest BCUT2D eigenvalue weighted by Crippen LogP contribution is -2.18. The fourth-order valence-electron chi connectivity index (χ4n) is 2.92. The van der Waals surface area contributed by atoms with E-state index in [1.165, 1.54) is 5.57 Å². The van der Waals surface area contributed by atoms with E-state index in [9.17, 15) is 10.2 Å². The first-order chi connectivity index (χ1) is 10.5. The zero-order chi connectivity index (χ0) is 16.5. The number of rotatable bonds is 2. The maximum Gasteiger partial charge on any atom is 0.0583 e. The fourth-order valence-corrected chi connectivity index (χ4v) is 2.92. The molecule has 2 rings (SSSR count). The van der Waals surface area contributed by atoms with Gasteiger partial charge in [0.05, 0.1) is 12.2 Å². The Morgan fingerprint density at radius 3 is 2.23 bits per heavy atom. The van der Waals surface area contributed by atoms with Crippen LogP contribution < -0.4 is 0 Å². The van der Waals surface area contributed by atoms with Crippen molar-refractivity contribution in [3.63, 3.8) is 0 Å². The van der Waals surface area contributed by atoms with E-state index in [1.54, 1.807) is 6.08 Å². The van der Waals surface area contributed by atoms with Gasteiger partial charge in [-0.3, -0.25) is 0 Å². The molecule has 0 aromatic rings. The van der Waals surface area contributed by atoms with Crippen molar-refractivity contribution in [1.82, 2.24) is 0 Å². The fraction of sp³-hybridized carbons (Fsp3) is 0.500. The first-order valence-corrected chi connectivity index (χ1v) is 8.15. The molecule has 2 N–H and O–H groups in total. The van der Waals surface area contributed by atoms with E-state index < -0.39 is 0 Å². The van der Waals surface area contributed by atoms with Crippen molar-refractivity contribution in [3.05, 3.63) is 60.8 Å². The van der Waals surface area contributed by atoms with Gasteiger partial charge in [-0.2, -0.15) is 0 Å². The van der Waals surface area contributed by atoms with Gasteiger partial charge >= 0.3 is 0 Å². The van der Waals surface area contributed by atoms with Crippen molar-refractivity contribution in [3.8, 4) is 0 Å². The van der Waals surface area contributed by atoms with E-state index in [4.69, 9.17) is 0 Å². The maximum atomic E-state index is 9.35. The number of hydrogen-bond donors (Lipinski definition) is 2. The molecule has 2 saturated carbocycles. The molecule has 122 valence electrons. The number of allylic oxidation sites excluding steroid dienone is 5. The quantitative estimate of drug-likeness (QED) is 0.789. The van der Waals surface area contributed by atoms with Gasteiger partial charge in [-0.05, 0) is 50.0 Å². The van der Waals surface area contributed by atoms with E-state index in [0.717, 1.165) is 49.7 Å². The molecule has 2 aliphatic rings. The molecule has 3 unspecified atom stereocenters. The highest BCUT2D eigenvalue weighted by Gasteiger charge is 2.19. The summed E-state index contributed by atoms with van der Waals surface area (Å²) in [5.74, 6) is 0.636. The van der Waals surface area contributed by atoms with Crippen LogP contribution in [0.2, 0.25) is 0 Å². The van der Waals surface area contributed by atoms with Crippen molar-refractivity contribution < 1.29 is 10.2 Å². The van der Waals surface area contributed by atoms with E-state index >= 15 is 0 Å². The largest absolute Gasteiger partial charge is 0.393 e. The van der Waals surface area contributed by atoms with Gasteiger partial charge in [-0.25, -0.2) is 0 Å². The molecule has 0 heterocycles. The molecule has 0 spiro atoms. The molecule has 0 bridgehead atoms. The summed E-state index contributed by atoms with van der Waals surface area (Å²) in [6.07, 6.45) is 12.7. The predicted octanol–water partition coefficient (Wildman–Crippen LogP) is 4.48. The lowest BCUT2D eigenvalue weighted by molar-refractivity contribution is 0.138. The Balaban J connectivity index is 0.000000220. The van der Waals surface area contributed by atoms with Gasteiger partial charge in [0.25, 0.3) is 0 Å². The van der Waals surface area contributed by atoms with Gasteiger partial charge in [0.1, 0.15) is 0 Å². The number of hydrogen-bond acceptors (Lipinski definition) is 2. The molecule has 3 atom stereocenters. The topological polar surface area (TPSA) is 40.5 Å². The summed E-state index contributed by atoms with van der Waals surface area (Å²) in [7, 11) is 0. The minimum Gasteiger partial charge on any atom is -0.393 e. The summed E-state index contributed by atoms with van der Waals surface area (Å²) in [6.45, 7) is 13.4. The van der Waals surface area contributed by atoms with Crippen LogP contribution in [0, 0.1) is 5.92 Å². The van der Waals surface area contributed by atoms with Crippen molar-refractivity contribution in [2.45, 2.75) is 57.7 Å². The van der Waals surface area contributed by atoms with Gasteiger partial charge in [0.15, 0.2) is 0 Å². The summed E-state index contributed by atoms with van der Waals surface area (Å²) in [5.41, 5.74) is 3.65. The van der Waals surface area contributed by atoms with Crippen LogP contribution in [0.5, 0.6) is 0 Å². The van der Waals surface area contributed by atoms with Gasteiger partial charge in [0.2, 0.25) is 0 Å². The lowest BCUT2D eigenvalue weighted by Gasteiger charge is -2.25. The average molecular weight is 302 g/mol. The zero-order valence-corrected chi connectivity index (χ0v) is 13.8. The van der Waals surface area contributed by atoms with Crippen LogP contribution in [-0.2, 0) is 0 Å². The van der Waals surface area contributed by atoms with Crippen LogP contribution in [-0.4, -0.2) is 22.4 Å². The minimum absolute atomic E-state index is 0.114. The third kappa shape index (κ3) is 6.17. The number of aliphatic hydroxyl groups is 2. The van der Waals surface area contributed by atoms with Crippen molar-refractivity contribution >= 4 is 0 Å². The molecular formula is C20H30O2. The maximum absolute atomic E-state index is 9.35. The average Bonchev–Trinajstić information content (AvgIpc) is 2.48. The molecule has 2 fully saturated rings. The second-order valence-corrected chi connectivity index (χ2v) is 6.24. The summed E-state index contributed by atoms with van der Waals surface area (Å²) < 4.78 is 0. The molecule has 0 radical (unpaired) electrons. The summed E-state index contributed by atoms with van der Waals surface area (Å²) >= 11 is 0. The molecule has 2 heteroatoms. The molecule has 0 amide bonds. The van der Waals surface area contributed by atoms with Crippen LogP contribution >= 0.6 is 0 Å². The Morgan fingerprint density at radius 2 is 1.59 bits per heavy atom. The van der Waals surface area contributed by atoms with Crippen LogP contribution in [0.4, 0.5) is 0 Å². The summed E-state index contributed by atoms with van der Waals surface area (Å²) in [4.78, 5) is 0. The highest BCUT2D eigenvalue weighted by molar-refractivity contribution is 5.33. The Labute approximate surface area is 135 Å². The summed E-state index contributed by atoms with van der Waals surface area (Å²) in [5, 5.41) is 18.7. The first-order valence-electron chi connectivity index (χ1n) is 8.15. The molecule has 2 nitrogen and oxygen atoms in total. The highest BCUT2D eigenvalue weighted by atomic mass is 16.3. The Hall–Kier alpha value is -1.38. The predicted molar refractivity (Wildman–Crippen MR) is 94.6 cm³/mol. The van der Waals surface area contributed by atoms with E-state index in [2.05, 4.69) is 26.7 Å². The normalized spacial score (nSPS) is 32.3. The van der Waals surface area contributed by atoms with Crippen LogP contribution in [0.25, 0.3) is 0 Å². The third-order valence-corrected chi connectivity index (χ3v) is 4.38. The molecular weight excluding hydrogens is 272 g/mol. The van der Waals surface area contributed by atoms with Crippen molar-refractivity contribution in [2.24, 2.45) is 5.92 Å². The highest BCUT2D eigenvalue weighted by Crippen LogP contribution is 2.29. The smallest absolute Gasteiger partial charge is 0.0583 e. The second-order valence-electron chi connectivity index (χ2n) is 6.24. The Kier molecular flexibility index (Phi) is 8.15. The lowest BCUT2D eigenvalue weighted by atomic mass is 9.84. The van der Waals surface area contributed by atoms with Gasteiger partial charge in [-0.15, -0.1) is 0 Å². The molecule has 0 aromatic heterocycles.